The molecule has 0 aliphatic carbocycles. The van der Waals surface area contributed by atoms with Gasteiger partial charge in [0.2, 0.25) is 0 Å². The van der Waals surface area contributed by atoms with E-state index in [9.17, 15) is 4.79 Å². The smallest absolute Gasteiger partial charge is 0.340 e. The van der Waals surface area contributed by atoms with Crippen molar-refractivity contribution in [3.05, 3.63) is 41.5 Å². The highest BCUT2D eigenvalue weighted by molar-refractivity contribution is 7.80. The fourth-order valence-electron chi connectivity index (χ4n) is 2.78. The first-order chi connectivity index (χ1) is 14.5. The molecule has 0 saturated heterocycles. The highest BCUT2D eigenvalue weighted by atomic mass is 32.1. The van der Waals surface area contributed by atoms with Gasteiger partial charge in [-0.15, -0.1) is 0 Å². The van der Waals surface area contributed by atoms with Gasteiger partial charge in [-0.05, 0) is 36.3 Å². The standard InChI is InChI=1S/C21H26N2O6S/c1-25-16-7-6-13(10-17(16)26-2)8-9-22-21(30)23-15-12-19(28-4)18(27-3)11-14(15)20(24)29-5/h6-7,10-12H,8-9H2,1-5H3,(H2,22,23,30). The van der Waals surface area contributed by atoms with Gasteiger partial charge in [-0.2, -0.15) is 0 Å². The monoisotopic (exact) mass is 434 g/mol. The van der Waals surface area contributed by atoms with Crippen LogP contribution in [0.3, 0.4) is 0 Å². The average molecular weight is 435 g/mol. The summed E-state index contributed by atoms with van der Waals surface area (Å²) in [4.78, 5) is 12.2. The zero-order valence-corrected chi connectivity index (χ0v) is 18.5. The van der Waals surface area contributed by atoms with Gasteiger partial charge in [0.05, 0.1) is 46.8 Å². The maximum atomic E-state index is 12.2. The van der Waals surface area contributed by atoms with Crippen LogP contribution in [0.15, 0.2) is 30.3 Å². The van der Waals surface area contributed by atoms with Gasteiger partial charge in [-0.3, -0.25) is 0 Å². The van der Waals surface area contributed by atoms with E-state index in [1.807, 2.05) is 18.2 Å². The van der Waals surface area contributed by atoms with E-state index >= 15 is 0 Å². The second kappa shape index (κ2) is 11.1. The van der Waals surface area contributed by atoms with Crippen LogP contribution in [0.1, 0.15) is 15.9 Å². The number of benzene rings is 2. The number of hydrogen-bond acceptors (Lipinski definition) is 7. The van der Waals surface area contributed by atoms with Crippen molar-refractivity contribution in [3.8, 4) is 23.0 Å². The van der Waals surface area contributed by atoms with Gasteiger partial charge < -0.3 is 34.3 Å². The van der Waals surface area contributed by atoms with Crippen molar-refractivity contribution in [2.24, 2.45) is 0 Å². The lowest BCUT2D eigenvalue weighted by atomic mass is 10.1. The maximum absolute atomic E-state index is 12.2. The third kappa shape index (κ3) is 5.66. The normalized spacial score (nSPS) is 10.0. The van der Waals surface area contributed by atoms with E-state index in [1.165, 1.54) is 21.3 Å². The van der Waals surface area contributed by atoms with Crippen LogP contribution in [0, 0.1) is 0 Å². The van der Waals surface area contributed by atoms with E-state index in [4.69, 9.17) is 35.9 Å². The number of hydrogen-bond donors (Lipinski definition) is 2. The van der Waals surface area contributed by atoms with Crippen LogP contribution in [0.5, 0.6) is 23.0 Å². The Hall–Kier alpha value is -3.20. The van der Waals surface area contributed by atoms with Crippen molar-refractivity contribution >= 4 is 29.0 Å². The molecule has 0 aromatic heterocycles. The third-order valence-electron chi connectivity index (χ3n) is 4.32. The van der Waals surface area contributed by atoms with Crippen LogP contribution in [-0.2, 0) is 11.2 Å². The first-order valence-corrected chi connectivity index (χ1v) is 9.48. The van der Waals surface area contributed by atoms with E-state index in [0.717, 1.165) is 5.56 Å². The summed E-state index contributed by atoms with van der Waals surface area (Å²) < 4.78 is 26.0. The predicted octanol–water partition coefficient (Wildman–Crippen LogP) is 3.04. The molecular weight excluding hydrogens is 408 g/mol. The summed E-state index contributed by atoms with van der Waals surface area (Å²) in [6.07, 6.45) is 0.706. The van der Waals surface area contributed by atoms with Gasteiger partial charge in [0, 0.05) is 18.7 Å². The molecule has 0 saturated carbocycles. The zero-order valence-electron chi connectivity index (χ0n) is 17.7. The summed E-state index contributed by atoms with van der Waals surface area (Å²) in [5.41, 5.74) is 1.78. The molecule has 30 heavy (non-hydrogen) atoms. The third-order valence-corrected chi connectivity index (χ3v) is 4.57. The molecule has 162 valence electrons. The molecule has 2 N–H and O–H groups in total. The van der Waals surface area contributed by atoms with Crippen LogP contribution in [0.4, 0.5) is 5.69 Å². The molecule has 0 unspecified atom stereocenters. The molecule has 0 fully saturated rings. The molecule has 0 amide bonds. The topological polar surface area (TPSA) is 87.3 Å². The molecule has 0 spiro atoms. The molecule has 2 aromatic carbocycles. The van der Waals surface area contributed by atoms with Gasteiger partial charge in [-0.1, -0.05) is 6.07 Å². The molecular formula is C21H26N2O6S. The van der Waals surface area contributed by atoms with Crippen molar-refractivity contribution < 1.29 is 28.5 Å². The summed E-state index contributed by atoms with van der Waals surface area (Å²) in [5.74, 6) is 1.70. The highest BCUT2D eigenvalue weighted by Gasteiger charge is 2.18. The summed E-state index contributed by atoms with van der Waals surface area (Å²) >= 11 is 5.37. The fourth-order valence-corrected chi connectivity index (χ4v) is 3.00. The van der Waals surface area contributed by atoms with Gasteiger partial charge in [0.25, 0.3) is 0 Å². The first kappa shape index (κ1) is 23.1. The summed E-state index contributed by atoms with van der Waals surface area (Å²) in [6, 6.07) is 8.91. The Morgan fingerprint density at radius 1 is 0.867 bits per heavy atom. The minimum Gasteiger partial charge on any atom is -0.493 e. The minimum atomic E-state index is -0.522. The van der Waals surface area contributed by atoms with Crippen molar-refractivity contribution in [1.29, 1.82) is 0 Å². The molecule has 0 aliphatic heterocycles. The van der Waals surface area contributed by atoms with Crippen LogP contribution in [-0.4, -0.2) is 53.2 Å². The first-order valence-electron chi connectivity index (χ1n) is 9.07. The number of anilines is 1. The SMILES string of the molecule is COC(=O)c1cc(OC)c(OC)cc1NC(=S)NCCc1ccc(OC)c(OC)c1. The van der Waals surface area contributed by atoms with Crippen molar-refractivity contribution in [2.45, 2.75) is 6.42 Å². The fraction of sp³-hybridized carbons (Fsp3) is 0.333. The average Bonchev–Trinajstić information content (AvgIpc) is 2.77. The Kier molecular flexibility index (Phi) is 8.54. The van der Waals surface area contributed by atoms with Crippen LogP contribution in [0.25, 0.3) is 0 Å². The minimum absolute atomic E-state index is 0.277. The lowest BCUT2D eigenvalue weighted by Gasteiger charge is -2.16. The number of thiocarbonyl (C=S) groups is 1. The zero-order chi connectivity index (χ0) is 22.1. The van der Waals surface area contributed by atoms with Gasteiger partial charge >= 0.3 is 5.97 Å². The number of ether oxygens (including phenoxy) is 5. The second-order valence-corrected chi connectivity index (χ2v) is 6.47. The van der Waals surface area contributed by atoms with E-state index in [0.29, 0.717) is 46.8 Å². The number of carbonyl (C=O) groups excluding carboxylic acids is 1. The van der Waals surface area contributed by atoms with Crippen molar-refractivity contribution in [1.82, 2.24) is 5.32 Å². The second-order valence-electron chi connectivity index (χ2n) is 6.06. The van der Waals surface area contributed by atoms with Gasteiger partial charge in [0.1, 0.15) is 0 Å². The summed E-state index contributed by atoms with van der Waals surface area (Å²) in [7, 11) is 7.51. The van der Waals surface area contributed by atoms with E-state index < -0.39 is 5.97 Å². The molecule has 0 atom stereocenters. The molecule has 0 bridgehead atoms. The molecule has 0 aliphatic rings. The molecule has 2 aromatic rings. The van der Waals surface area contributed by atoms with Crippen molar-refractivity contribution in [2.75, 3.05) is 47.4 Å². The largest absolute Gasteiger partial charge is 0.493 e. The Morgan fingerprint density at radius 2 is 1.47 bits per heavy atom. The Balaban J connectivity index is 2.06. The van der Waals surface area contributed by atoms with E-state index in [2.05, 4.69) is 10.6 Å². The molecule has 8 nitrogen and oxygen atoms in total. The molecule has 0 heterocycles. The molecule has 0 radical (unpaired) electrons. The summed E-state index contributed by atoms with van der Waals surface area (Å²) in [6.45, 7) is 0.572. The van der Waals surface area contributed by atoms with E-state index in [1.54, 1.807) is 26.4 Å². The summed E-state index contributed by atoms with van der Waals surface area (Å²) in [5, 5.41) is 6.49. The van der Waals surface area contributed by atoms with Crippen molar-refractivity contribution in [3.63, 3.8) is 0 Å². The van der Waals surface area contributed by atoms with Crippen LogP contribution >= 0.6 is 12.2 Å². The van der Waals surface area contributed by atoms with Gasteiger partial charge in [0.15, 0.2) is 28.1 Å². The van der Waals surface area contributed by atoms with Gasteiger partial charge in [-0.25, -0.2) is 4.79 Å². The number of rotatable bonds is 9. The number of methoxy groups -OCH3 is 5. The molecule has 2 rings (SSSR count). The maximum Gasteiger partial charge on any atom is 0.340 e. The number of esters is 1. The van der Waals surface area contributed by atoms with Crippen LogP contribution in [0.2, 0.25) is 0 Å². The van der Waals surface area contributed by atoms with Crippen LogP contribution < -0.4 is 29.6 Å². The number of carbonyl (C=O) groups is 1. The lowest BCUT2D eigenvalue weighted by molar-refractivity contribution is 0.0601. The highest BCUT2D eigenvalue weighted by Crippen LogP contribution is 2.33. The molecule has 9 heteroatoms. The quantitative estimate of drug-likeness (QED) is 0.457. The predicted molar refractivity (Wildman–Crippen MR) is 118 cm³/mol. The Bertz CT molecular complexity index is 903. The number of nitrogens with one attached hydrogen (secondary N) is 2. The lowest BCUT2D eigenvalue weighted by Crippen LogP contribution is -2.30. The van der Waals surface area contributed by atoms with E-state index in [-0.39, 0.29) is 5.56 Å². The Morgan fingerprint density at radius 3 is 2.07 bits per heavy atom. The Labute approximate surface area is 181 Å².